The highest BCUT2D eigenvalue weighted by Crippen LogP contribution is 2.41. The van der Waals surface area contributed by atoms with Gasteiger partial charge in [-0.15, -0.1) is 0 Å². The first-order valence-electron chi connectivity index (χ1n) is 7.52. The van der Waals surface area contributed by atoms with Crippen molar-refractivity contribution in [2.24, 2.45) is 11.3 Å². The third-order valence-corrected chi connectivity index (χ3v) is 4.56. The van der Waals surface area contributed by atoms with Gasteiger partial charge in [0.15, 0.2) is 0 Å². The highest BCUT2D eigenvalue weighted by atomic mass is 16.2. The second-order valence-corrected chi connectivity index (χ2v) is 6.90. The summed E-state index contributed by atoms with van der Waals surface area (Å²) in [5, 5.41) is 3.52. The SMILES string of the molecule is CCC1NC(CC(C)C)C(=O)N1CC1(C)CCC1. The summed E-state index contributed by atoms with van der Waals surface area (Å²) in [6, 6.07) is 0.0543. The third kappa shape index (κ3) is 2.71. The second kappa shape index (κ2) is 5.20. The van der Waals surface area contributed by atoms with Crippen LogP contribution in [-0.2, 0) is 4.79 Å². The minimum atomic E-state index is 0.0543. The van der Waals surface area contributed by atoms with Crippen molar-refractivity contribution in [3.8, 4) is 0 Å². The van der Waals surface area contributed by atoms with E-state index >= 15 is 0 Å². The Kier molecular flexibility index (Phi) is 4.00. The molecule has 1 N–H and O–H groups in total. The highest BCUT2D eigenvalue weighted by molar-refractivity contribution is 5.84. The third-order valence-electron chi connectivity index (χ3n) is 4.56. The topological polar surface area (TPSA) is 32.3 Å². The molecule has 3 nitrogen and oxygen atoms in total. The van der Waals surface area contributed by atoms with Gasteiger partial charge in [-0.1, -0.05) is 34.1 Å². The van der Waals surface area contributed by atoms with Gasteiger partial charge >= 0.3 is 0 Å². The molecule has 2 unspecified atom stereocenters. The Morgan fingerprint density at radius 2 is 2.11 bits per heavy atom. The van der Waals surface area contributed by atoms with Crippen LogP contribution in [-0.4, -0.2) is 29.6 Å². The summed E-state index contributed by atoms with van der Waals surface area (Å²) in [6.07, 6.45) is 6.13. The standard InChI is InChI=1S/C15H28N2O/c1-5-13-16-12(9-11(2)3)14(18)17(13)10-15(4)7-6-8-15/h11-13,16H,5-10H2,1-4H3. The number of amides is 1. The fourth-order valence-electron chi connectivity index (χ4n) is 3.26. The second-order valence-electron chi connectivity index (χ2n) is 6.90. The van der Waals surface area contributed by atoms with Crippen molar-refractivity contribution in [1.82, 2.24) is 10.2 Å². The van der Waals surface area contributed by atoms with Crippen molar-refractivity contribution in [2.75, 3.05) is 6.54 Å². The van der Waals surface area contributed by atoms with Gasteiger partial charge in [-0.25, -0.2) is 0 Å². The predicted octanol–water partition coefficient (Wildman–Crippen LogP) is 2.76. The Morgan fingerprint density at radius 1 is 1.44 bits per heavy atom. The molecule has 1 heterocycles. The summed E-state index contributed by atoms with van der Waals surface area (Å²) in [7, 11) is 0. The van der Waals surface area contributed by atoms with Crippen LogP contribution >= 0.6 is 0 Å². The molecule has 1 amide bonds. The number of nitrogens with zero attached hydrogens (tertiary/aromatic N) is 1. The van der Waals surface area contributed by atoms with Gasteiger partial charge in [0.25, 0.3) is 0 Å². The Balaban J connectivity index is 2.01. The first kappa shape index (κ1) is 13.9. The van der Waals surface area contributed by atoms with Crippen LogP contribution in [0.5, 0.6) is 0 Å². The van der Waals surface area contributed by atoms with Gasteiger partial charge < -0.3 is 4.90 Å². The van der Waals surface area contributed by atoms with Gasteiger partial charge in [0.1, 0.15) is 0 Å². The van der Waals surface area contributed by atoms with Crippen LogP contribution in [0.2, 0.25) is 0 Å². The molecule has 2 aliphatic rings. The summed E-state index contributed by atoms with van der Waals surface area (Å²) in [5.41, 5.74) is 0.386. The number of hydrogen-bond acceptors (Lipinski definition) is 2. The lowest BCUT2D eigenvalue weighted by Gasteiger charge is -2.42. The lowest BCUT2D eigenvalue weighted by atomic mass is 9.70. The molecule has 1 aliphatic heterocycles. The van der Waals surface area contributed by atoms with Crippen LogP contribution < -0.4 is 5.32 Å². The molecule has 0 bridgehead atoms. The number of carbonyl (C=O) groups excluding carboxylic acids is 1. The van der Waals surface area contributed by atoms with E-state index in [1.54, 1.807) is 0 Å². The molecular weight excluding hydrogens is 224 g/mol. The lowest BCUT2D eigenvalue weighted by Crippen LogP contribution is -2.46. The maximum absolute atomic E-state index is 12.5. The lowest BCUT2D eigenvalue weighted by molar-refractivity contribution is -0.132. The maximum Gasteiger partial charge on any atom is 0.241 e. The summed E-state index contributed by atoms with van der Waals surface area (Å²) in [4.78, 5) is 14.6. The van der Waals surface area contributed by atoms with Crippen LogP contribution in [0.3, 0.4) is 0 Å². The van der Waals surface area contributed by atoms with Gasteiger partial charge in [0, 0.05) is 6.54 Å². The normalized spacial score (nSPS) is 30.9. The fourth-order valence-corrected chi connectivity index (χ4v) is 3.26. The summed E-state index contributed by atoms with van der Waals surface area (Å²) in [6.45, 7) is 9.81. The van der Waals surface area contributed by atoms with Gasteiger partial charge in [0.05, 0.1) is 12.2 Å². The molecule has 104 valence electrons. The van der Waals surface area contributed by atoms with Crippen molar-refractivity contribution in [3.63, 3.8) is 0 Å². The Morgan fingerprint density at radius 3 is 2.56 bits per heavy atom. The van der Waals surface area contributed by atoms with E-state index in [-0.39, 0.29) is 12.2 Å². The molecule has 1 saturated heterocycles. The van der Waals surface area contributed by atoms with Crippen LogP contribution in [0.4, 0.5) is 0 Å². The summed E-state index contributed by atoms with van der Waals surface area (Å²) < 4.78 is 0. The highest BCUT2D eigenvalue weighted by Gasteiger charge is 2.43. The average Bonchev–Trinajstić information content (AvgIpc) is 2.54. The molecule has 0 radical (unpaired) electrons. The number of nitrogens with one attached hydrogen (secondary N) is 1. The van der Waals surface area contributed by atoms with Crippen molar-refractivity contribution < 1.29 is 4.79 Å². The van der Waals surface area contributed by atoms with Crippen LogP contribution in [0.1, 0.15) is 59.8 Å². The zero-order chi connectivity index (χ0) is 13.3. The van der Waals surface area contributed by atoms with E-state index in [1.165, 1.54) is 19.3 Å². The fraction of sp³-hybridized carbons (Fsp3) is 0.933. The molecule has 2 fully saturated rings. The smallest absolute Gasteiger partial charge is 0.241 e. The largest absolute Gasteiger partial charge is 0.325 e. The molecule has 3 heteroatoms. The molecule has 0 aromatic carbocycles. The van der Waals surface area contributed by atoms with E-state index < -0.39 is 0 Å². The molecule has 0 aromatic rings. The van der Waals surface area contributed by atoms with Crippen LogP contribution in [0, 0.1) is 11.3 Å². The van der Waals surface area contributed by atoms with Crippen LogP contribution in [0.25, 0.3) is 0 Å². The van der Waals surface area contributed by atoms with Crippen molar-refractivity contribution >= 4 is 5.91 Å². The molecule has 2 rings (SSSR count). The molecule has 0 spiro atoms. The molecule has 1 saturated carbocycles. The van der Waals surface area contributed by atoms with E-state index in [9.17, 15) is 4.79 Å². The Labute approximate surface area is 111 Å². The molecule has 18 heavy (non-hydrogen) atoms. The monoisotopic (exact) mass is 252 g/mol. The minimum absolute atomic E-state index is 0.0543. The van der Waals surface area contributed by atoms with Gasteiger partial charge in [-0.3, -0.25) is 10.1 Å². The molecule has 0 aromatic heterocycles. The molecular formula is C15H28N2O. The van der Waals surface area contributed by atoms with Crippen molar-refractivity contribution in [2.45, 2.75) is 72.0 Å². The van der Waals surface area contributed by atoms with Gasteiger partial charge in [0.2, 0.25) is 5.91 Å². The number of carbonyl (C=O) groups is 1. The number of hydrogen-bond donors (Lipinski definition) is 1. The number of rotatable bonds is 5. The minimum Gasteiger partial charge on any atom is -0.325 e. The first-order valence-corrected chi connectivity index (χ1v) is 7.52. The van der Waals surface area contributed by atoms with Crippen LogP contribution in [0.15, 0.2) is 0 Å². The zero-order valence-electron chi connectivity index (χ0n) is 12.3. The molecule has 2 atom stereocenters. The quantitative estimate of drug-likeness (QED) is 0.816. The van der Waals surface area contributed by atoms with Crippen molar-refractivity contribution in [1.29, 1.82) is 0 Å². The Bertz CT molecular complexity index is 310. The summed E-state index contributed by atoms with van der Waals surface area (Å²) in [5.74, 6) is 0.909. The maximum atomic E-state index is 12.5. The van der Waals surface area contributed by atoms with E-state index in [1.807, 2.05) is 0 Å². The molecule has 1 aliphatic carbocycles. The Hall–Kier alpha value is -0.570. The van der Waals surface area contributed by atoms with E-state index in [0.717, 1.165) is 19.4 Å². The van der Waals surface area contributed by atoms with Gasteiger partial charge in [-0.2, -0.15) is 0 Å². The zero-order valence-corrected chi connectivity index (χ0v) is 12.3. The summed E-state index contributed by atoms with van der Waals surface area (Å²) >= 11 is 0. The van der Waals surface area contributed by atoms with E-state index in [0.29, 0.717) is 17.2 Å². The van der Waals surface area contributed by atoms with E-state index in [4.69, 9.17) is 0 Å². The van der Waals surface area contributed by atoms with E-state index in [2.05, 4.69) is 37.9 Å². The average molecular weight is 252 g/mol. The van der Waals surface area contributed by atoms with Gasteiger partial charge in [-0.05, 0) is 37.0 Å². The first-order chi connectivity index (χ1) is 8.45. The van der Waals surface area contributed by atoms with Crippen molar-refractivity contribution in [3.05, 3.63) is 0 Å². The predicted molar refractivity (Wildman–Crippen MR) is 74.1 cm³/mol.